The van der Waals surface area contributed by atoms with Crippen molar-refractivity contribution in [1.29, 1.82) is 0 Å². The highest BCUT2D eigenvalue weighted by molar-refractivity contribution is 5.65. The predicted octanol–water partition coefficient (Wildman–Crippen LogP) is 5.24. The number of alkyl halides is 3. The quantitative estimate of drug-likeness (QED) is 0.798. The van der Waals surface area contributed by atoms with Gasteiger partial charge in [0.2, 0.25) is 0 Å². The molecule has 0 saturated heterocycles. The molecule has 0 bridgehead atoms. The molecule has 124 valence electrons. The highest BCUT2D eigenvalue weighted by Crippen LogP contribution is 2.31. The Kier molecular flexibility index (Phi) is 5.47. The minimum atomic E-state index is -4.30. The molecule has 2 rings (SSSR count). The Morgan fingerprint density at radius 1 is 1.00 bits per heavy atom. The highest BCUT2D eigenvalue weighted by atomic mass is 19.4. The Bertz CT molecular complexity index is 645. The van der Waals surface area contributed by atoms with Crippen molar-refractivity contribution in [1.82, 2.24) is 0 Å². The van der Waals surface area contributed by atoms with Crippen LogP contribution in [0.3, 0.4) is 0 Å². The smallest absolute Gasteiger partial charge is 0.396 e. The van der Waals surface area contributed by atoms with Gasteiger partial charge in [-0.05, 0) is 60.1 Å². The first-order valence-electron chi connectivity index (χ1n) is 7.69. The zero-order valence-corrected chi connectivity index (χ0v) is 13.3. The van der Waals surface area contributed by atoms with E-state index in [1.54, 1.807) is 0 Å². The zero-order valence-electron chi connectivity index (χ0n) is 13.3. The number of hydrogen-bond donors (Lipinski definition) is 1. The van der Waals surface area contributed by atoms with E-state index in [9.17, 15) is 13.2 Å². The van der Waals surface area contributed by atoms with Gasteiger partial charge in [0.05, 0.1) is 5.56 Å². The van der Waals surface area contributed by atoms with Gasteiger partial charge in [0, 0.05) is 6.61 Å². The molecule has 23 heavy (non-hydrogen) atoms. The van der Waals surface area contributed by atoms with Gasteiger partial charge in [-0.15, -0.1) is 0 Å². The van der Waals surface area contributed by atoms with Gasteiger partial charge < -0.3 is 5.11 Å². The number of aryl methyl sites for hydroxylation is 1. The lowest BCUT2D eigenvalue weighted by molar-refractivity contribution is -0.137. The zero-order chi connectivity index (χ0) is 17.0. The number of rotatable bonds is 5. The molecule has 0 heterocycles. The summed E-state index contributed by atoms with van der Waals surface area (Å²) < 4.78 is 37.8. The highest BCUT2D eigenvalue weighted by Gasteiger charge is 2.29. The van der Waals surface area contributed by atoms with Crippen molar-refractivity contribution in [2.45, 2.75) is 32.9 Å². The van der Waals surface area contributed by atoms with Gasteiger partial charge in [0.15, 0.2) is 0 Å². The summed E-state index contributed by atoms with van der Waals surface area (Å²) in [6.07, 6.45) is -2.65. The maximum absolute atomic E-state index is 12.6. The molecule has 1 atom stereocenters. The van der Waals surface area contributed by atoms with Crippen molar-refractivity contribution in [2.75, 3.05) is 6.61 Å². The molecule has 0 aliphatic carbocycles. The van der Waals surface area contributed by atoms with E-state index in [0.29, 0.717) is 5.92 Å². The van der Waals surface area contributed by atoms with Crippen LogP contribution in [0.4, 0.5) is 13.2 Å². The first kappa shape index (κ1) is 17.5. The molecule has 0 fully saturated rings. The molecule has 0 unspecified atom stereocenters. The van der Waals surface area contributed by atoms with Crippen molar-refractivity contribution in [3.63, 3.8) is 0 Å². The van der Waals surface area contributed by atoms with Gasteiger partial charge in [-0.3, -0.25) is 0 Å². The molecule has 0 saturated carbocycles. The summed E-state index contributed by atoms with van der Waals surface area (Å²) in [7, 11) is 0. The summed E-state index contributed by atoms with van der Waals surface area (Å²) in [5, 5.41) is 8.98. The lowest BCUT2D eigenvalue weighted by atomic mass is 9.92. The van der Waals surface area contributed by atoms with Gasteiger partial charge in [0.1, 0.15) is 0 Å². The maximum Gasteiger partial charge on any atom is 0.416 e. The Morgan fingerprint density at radius 3 is 2.13 bits per heavy atom. The van der Waals surface area contributed by atoms with Crippen LogP contribution in [-0.2, 0) is 12.6 Å². The van der Waals surface area contributed by atoms with E-state index in [1.807, 2.05) is 25.1 Å². The lowest BCUT2D eigenvalue weighted by Crippen LogP contribution is -2.04. The van der Waals surface area contributed by atoms with E-state index >= 15 is 0 Å². The molecule has 0 aliphatic rings. The van der Waals surface area contributed by atoms with Crippen LogP contribution < -0.4 is 0 Å². The van der Waals surface area contributed by atoms with Crippen molar-refractivity contribution < 1.29 is 18.3 Å². The first-order valence-corrected chi connectivity index (χ1v) is 7.69. The summed E-state index contributed by atoms with van der Waals surface area (Å²) in [4.78, 5) is 0. The van der Waals surface area contributed by atoms with Gasteiger partial charge in [-0.1, -0.05) is 37.3 Å². The van der Waals surface area contributed by atoms with Crippen LogP contribution >= 0.6 is 0 Å². The molecular formula is C19H21F3O. The average Bonchev–Trinajstić information content (AvgIpc) is 2.49. The van der Waals surface area contributed by atoms with Crippen LogP contribution in [-0.4, -0.2) is 11.7 Å². The van der Waals surface area contributed by atoms with Gasteiger partial charge in [-0.2, -0.15) is 13.2 Å². The third-order valence-corrected chi connectivity index (χ3v) is 4.08. The van der Waals surface area contributed by atoms with Crippen LogP contribution in [0.5, 0.6) is 0 Å². The summed E-state index contributed by atoms with van der Waals surface area (Å²) >= 11 is 0. The summed E-state index contributed by atoms with van der Waals surface area (Å²) in [5.74, 6) is 0.399. The van der Waals surface area contributed by atoms with E-state index < -0.39 is 11.7 Å². The van der Waals surface area contributed by atoms with Crippen LogP contribution in [0.15, 0.2) is 42.5 Å². The average molecular weight is 322 g/mol. The van der Waals surface area contributed by atoms with Crippen LogP contribution in [0, 0.1) is 12.8 Å². The monoisotopic (exact) mass is 322 g/mol. The molecule has 0 amide bonds. The van der Waals surface area contributed by atoms with Gasteiger partial charge >= 0.3 is 6.18 Å². The Labute approximate surface area is 134 Å². The molecule has 0 aliphatic heterocycles. The van der Waals surface area contributed by atoms with Crippen molar-refractivity contribution in [3.8, 4) is 11.1 Å². The molecule has 2 aromatic rings. The molecule has 0 spiro atoms. The fraction of sp³-hybridized carbons (Fsp3) is 0.368. The molecule has 1 nitrogen and oxygen atoms in total. The van der Waals surface area contributed by atoms with Crippen molar-refractivity contribution >= 4 is 0 Å². The fourth-order valence-electron chi connectivity index (χ4n) is 2.65. The molecule has 0 radical (unpaired) electrons. The normalized spacial score (nSPS) is 13.1. The second-order valence-electron chi connectivity index (χ2n) is 6.04. The SMILES string of the molecule is Cc1cc(-c2ccc(C(F)(F)F)cc2)ccc1C[C@H](C)CCO. The summed E-state index contributed by atoms with van der Waals surface area (Å²) in [5.41, 5.74) is 3.38. The van der Waals surface area contributed by atoms with E-state index in [2.05, 4.69) is 6.92 Å². The first-order chi connectivity index (χ1) is 10.8. The number of benzene rings is 2. The summed E-state index contributed by atoms with van der Waals surface area (Å²) in [6, 6.07) is 11.2. The van der Waals surface area contributed by atoms with Crippen LogP contribution in [0.2, 0.25) is 0 Å². The molecule has 1 N–H and O–H groups in total. The Balaban J connectivity index is 2.20. The number of halogens is 3. The summed E-state index contributed by atoms with van der Waals surface area (Å²) in [6.45, 7) is 4.29. The largest absolute Gasteiger partial charge is 0.416 e. The Hall–Kier alpha value is -1.81. The van der Waals surface area contributed by atoms with E-state index in [-0.39, 0.29) is 6.61 Å². The lowest BCUT2D eigenvalue weighted by Gasteiger charge is -2.14. The number of hydrogen-bond acceptors (Lipinski definition) is 1. The van der Waals surface area contributed by atoms with Gasteiger partial charge in [0.25, 0.3) is 0 Å². The second kappa shape index (κ2) is 7.18. The number of aliphatic hydroxyl groups is 1. The van der Waals surface area contributed by atoms with Gasteiger partial charge in [-0.25, -0.2) is 0 Å². The maximum atomic E-state index is 12.6. The number of aliphatic hydroxyl groups excluding tert-OH is 1. The molecule has 2 aromatic carbocycles. The van der Waals surface area contributed by atoms with Crippen LogP contribution in [0.1, 0.15) is 30.0 Å². The second-order valence-corrected chi connectivity index (χ2v) is 6.04. The topological polar surface area (TPSA) is 20.2 Å². The van der Waals surface area contributed by atoms with Crippen LogP contribution in [0.25, 0.3) is 11.1 Å². The standard InChI is InChI=1S/C19H21F3O/c1-13(9-10-23)11-16-3-4-17(12-14(16)2)15-5-7-18(8-6-15)19(20,21)22/h3-8,12-13,23H,9-11H2,1-2H3/t13-/m1/s1. The molecule has 0 aromatic heterocycles. The predicted molar refractivity (Wildman–Crippen MR) is 86.2 cm³/mol. The minimum absolute atomic E-state index is 0.184. The molecular weight excluding hydrogens is 301 g/mol. The molecule has 4 heteroatoms. The van der Waals surface area contributed by atoms with E-state index in [0.717, 1.165) is 41.7 Å². The van der Waals surface area contributed by atoms with E-state index in [4.69, 9.17) is 5.11 Å². The Morgan fingerprint density at radius 2 is 1.61 bits per heavy atom. The van der Waals surface area contributed by atoms with Crippen molar-refractivity contribution in [2.24, 2.45) is 5.92 Å². The van der Waals surface area contributed by atoms with Crippen molar-refractivity contribution in [3.05, 3.63) is 59.2 Å². The third-order valence-electron chi connectivity index (χ3n) is 4.08. The minimum Gasteiger partial charge on any atom is -0.396 e. The third kappa shape index (κ3) is 4.58. The fourth-order valence-corrected chi connectivity index (χ4v) is 2.65. The van der Waals surface area contributed by atoms with E-state index in [1.165, 1.54) is 17.7 Å².